The molecular formula is C26H23N3O3S2. The number of allylic oxidation sites excluding steroid dienone is 1. The van der Waals surface area contributed by atoms with Gasteiger partial charge in [0.2, 0.25) is 10.0 Å². The van der Waals surface area contributed by atoms with Crippen molar-refractivity contribution in [3.05, 3.63) is 93.3 Å². The van der Waals surface area contributed by atoms with Crippen molar-refractivity contribution in [2.45, 2.75) is 24.3 Å². The number of thiophene rings is 1. The second-order valence-electron chi connectivity index (χ2n) is 8.05. The number of carbonyl (C=O) groups is 1. The number of para-hydroxylation sites is 1. The molecule has 1 aliphatic carbocycles. The first-order chi connectivity index (χ1) is 16.5. The summed E-state index contributed by atoms with van der Waals surface area (Å²) in [6, 6.07) is 18.4. The molecule has 0 atom stereocenters. The number of hydrogen-bond acceptors (Lipinski definition) is 5. The van der Waals surface area contributed by atoms with Gasteiger partial charge in [0, 0.05) is 16.8 Å². The first-order valence-electron chi connectivity index (χ1n) is 10.9. The van der Waals surface area contributed by atoms with Crippen molar-refractivity contribution in [1.82, 2.24) is 15.0 Å². The Morgan fingerprint density at radius 2 is 1.94 bits per heavy atom. The predicted octanol–water partition coefficient (Wildman–Crippen LogP) is 4.62. The summed E-state index contributed by atoms with van der Waals surface area (Å²) >= 11 is 1.68. The molecule has 0 saturated carbocycles. The van der Waals surface area contributed by atoms with Crippen LogP contribution in [0.2, 0.25) is 0 Å². The lowest BCUT2D eigenvalue weighted by molar-refractivity contribution is 0.0951. The van der Waals surface area contributed by atoms with Crippen LogP contribution in [0.25, 0.3) is 22.6 Å². The van der Waals surface area contributed by atoms with Crippen molar-refractivity contribution < 1.29 is 13.2 Å². The van der Waals surface area contributed by atoms with Gasteiger partial charge in [-0.3, -0.25) is 4.79 Å². The molecule has 1 aliphatic rings. The minimum Gasteiger partial charge on any atom is -0.348 e. The Hall–Kier alpha value is -3.33. The van der Waals surface area contributed by atoms with E-state index in [-0.39, 0.29) is 17.3 Å². The van der Waals surface area contributed by atoms with E-state index in [9.17, 15) is 13.2 Å². The van der Waals surface area contributed by atoms with Crippen molar-refractivity contribution >= 4 is 49.8 Å². The van der Waals surface area contributed by atoms with E-state index in [2.05, 4.69) is 22.2 Å². The van der Waals surface area contributed by atoms with Gasteiger partial charge in [-0.1, -0.05) is 36.4 Å². The Balaban J connectivity index is 1.49. The van der Waals surface area contributed by atoms with Crippen LogP contribution in [0, 0.1) is 0 Å². The molecule has 0 fully saturated rings. The van der Waals surface area contributed by atoms with E-state index in [1.807, 2.05) is 35.7 Å². The normalized spacial score (nSPS) is 14.4. The molecule has 1 amide bonds. The SMILES string of the molecule is CNS(=O)(=O)c1cccc(CNC(=O)c2c3c(nc4ccccc24)/C(=C/c2cccs2)CC3)c1. The summed E-state index contributed by atoms with van der Waals surface area (Å²) in [4.78, 5) is 19.7. The molecule has 2 heterocycles. The molecule has 0 spiro atoms. The zero-order valence-electron chi connectivity index (χ0n) is 18.5. The Morgan fingerprint density at radius 1 is 1.09 bits per heavy atom. The van der Waals surface area contributed by atoms with Crippen molar-refractivity contribution in [3.8, 4) is 0 Å². The van der Waals surface area contributed by atoms with Gasteiger partial charge in [0.05, 0.1) is 21.7 Å². The van der Waals surface area contributed by atoms with E-state index in [0.29, 0.717) is 11.1 Å². The van der Waals surface area contributed by atoms with Gasteiger partial charge >= 0.3 is 0 Å². The Bertz CT molecular complexity index is 1520. The number of carbonyl (C=O) groups excluding carboxylic acids is 1. The summed E-state index contributed by atoms with van der Waals surface area (Å²) in [7, 11) is -2.18. The van der Waals surface area contributed by atoms with E-state index in [1.54, 1.807) is 29.5 Å². The van der Waals surface area contributed by atoms with Gasteiger partial charge in [0.25, 0.3) is 5.91 Å². The average Bonchev–Trinajstić information content (AvgIpc) is 3.51. The van der Waals surface area contributed by atoms with Gasteiger partial charge in [0.1, 0.15) is 0 Å². The molecule has 0 saturated heterocycles. The number of benzene rings is 2. The number of nitrogens with zero attached hydrogens (tertiary/aromatic N) is 1. The summed E-state index contributed by atoms with van der Waals surface area (Å²) in [5.41, 5.74) is 5.13. The Kier molecular flexibility index (Phi) is 6.03. The zero-order chi connectivity index (χ0) is 23.7. The van der Waals surface area contributed by atoms with Crippen LogP contribution in [-0.4, -0.2) is 26.4 Å². The number of nitrogens with one attached hydrogen (secondary N) is 2. The fourth-order valence-electron chi connectivity index (χ4n) is 4.29. The number of amides is 1. The second kappa shape index (κ2) is 9.13. The lowest BCUT2D eigenvalue weighted by Gasteiger charge is -2.13. The van der Waals surface area contributed by atoms with Crippen LogP contribution in [-0.2, 0) is 23.0 Å². The molecule has 172 valence electrons. The topological polar surface area (TPSA) is 88.2 Å². The maximum absolute atomic E-state index is 13.5. The number of hydrogen-bond donors (Lipinski definition) is 2. The number of fused-ring (bicyclic) bond motifs is 2. The first kappa shape index (κ1) is 22.5. The number of pyridine rings is 1. The maximum Gasteiger partial charge on any atom is 0.252 e. The first-order valence-corrected chi connectivity index (χ1v) is 13.3. The van der Waals surface area contributed by atoms with Crippen molar-refractivity contribution in [1.29, 1.82) is 0 Å². The van der Waals surface area contributed by atoms with Crippen molar-refractivity contribution in [3.63, 3.8) is 0 Å². The zero-order valence-corrected chi connectivity index (χ0v) is 20.2. The van der Waals surface area contributed by atoms with Crippen LogP contribution in [0.15, 0.2) is 70.9 Å². The van der Waals surface area contributed by atoms with Gasteiger partial charge in [0.15, 0.2) is 0 Å². The minimum absolute atomic E-state index is 0.167. The van der Waals surface area contributed by atoms with Gasteiger partial charge in [-0.15, -0.1) is 11.3 Å². The highest BCUT2D eigenvalue weighted by Crippen LogP contribution is 2.38. The molecule has 5 rings (SSSR count). The van der Waals surface area contributed by atoms with Crippen LogP contribution < -0.4 is 10.0 Å². The molecule has 8 heteroatoms. The standard InChI is InChI=1S/C26H23N3O3S2/c1-27-34(31,32)20-8-4-6-17(14-20)16-28-26(30)24-21-9-2-3-10-23(21)29-25-18(11-12-22(24)25)15-19-7-5-13-33-19/h2-10,13-15,27H,11-12,16H2,1H3,(H,28,30)/b18-15+. The number of rotatable bonds is 6. The molecule has 2 aromatic carbocycles. The lowest BCUT2D eigenvalue weighted by atomic mass is 10.00. The molecule has 0 unspecified atom stereocenters. The summed E-state index contributed by atoms with van der Waals surface area (Å²) in [5.74, 6) is -0.186. The van der Waals surface area contributed by atoms with Gasteiger partial charge in [-0.05, 0) is 72.3 Å². The highest BCUT2D eigenvalue weighted by atomic mass is 32.2. The second-order valence-corrected chi connectivity index (χ2v) is 10.9. The van der Waals surface area contributed by atoms with Gasteiger partial charge in [-0.25, -0.2) is 18.1 Å². The molecular weight excluding hydrogens is 466 g/mol. The summed E-state index contributed by atoms with van der Waals surface area (Å²) < 4.78 is 26.6. The fraction of sp³-hybridized carbons (Fsp3) is 0.154. The summed E-state index contributed by atoms with van der Waals surface area (Å²) in [5, 5.41) is 5.86. The molecule has 34 heavy (non-hydrogen) atoms. The van der Waals surface area contributed by atoms with E-state index in [4.69, 9.17) is 4.98 Å². The van der Waals surface area contributed by atoms with E-state index < -0.39 is 10.0 Å². The maximum atomic E-state index is 13.5. The third kappa shape index (κ3) is 4.27. The van der Waals surface area contributed by atoms with Crippen LogP contribution in [0.1, 0.15) is 38.5 Å². The highest BCUT2D eigenvalue weighted by molar-refractivity contribution is 7.89. The number of sulfonamides is 1. The van der Waals surface area contributed by atoms with E-state index >= 15 is 0 Å². The largest absolute Gasteiger partial charge is 0.348 e. The van der Waals surface area contributed by atoms with Crippen molar-refractivity contribution in [2.24, 2.45) is 0 Å². The lowest BCUT2D eigenvalue weighted by Crippen LogP contribution is -2.25. The molecule has 0 bridgehead atoms. The average molecular weight is 490 g/mol. The molecule has 2 aromatic heterocycles. The van der Waals surface area contributed by atoms with Gasteiger partial charge < -0.3 is 5.32 Å². The predicted molar refractivity (Wildman–Crippen MR) is 136 cm³/mol. The third-order valence-corrected chi connectivity index (χ3v) is 8.19. The fourth-order valence-corrected chi connectivity index (χ4v) is 5.78. The quantitative estimate of drug-likeness (QED) is 0.414. The van der Waals surface area contributed by atoms with Gasteiger partial charge in [-0.2, -0.15) is 0 Å². The third-order valence-electron chi connectivity index (χ3n) is 5.96. The smallest absolute Gasteiger partial charge is 0.252 e. The highest BCUT2D eigenvalue weighted by Gasteiger charge is 2.26. The van der Waals surface area contributed by atoms with Crippen molar-refractivity contribution in [2.75, 3.05) is 7.05 Å². The van der Waals surface area contributed by atoms with Crippen LogP contribution in [0.3, 0.4) is 0 Å². The Labute approximate surface area is 202 Å². The number of aromatic nitrogens is 1. The van der Waals surface area contributed by atoms with E-state index in [0.717, 1.165) is 40.6 Å². The summed E-state index contributed by atoms with van der Waals surface area (Å²) in [6.45, 7) is 0.217. The molecule has 0 radical (unpaired) electrons. The van der Waals surface area contributed by atoms with Crippen LogP contribution >= 0.6 is 11.3 Å². The summed E-state index contributed by atoms with van der Waals surface area (Å²) in [6.07, 6.45) is 3.75. The minimum atomic E-state index is -3.55. The molecule has 4 aromatic rings. The Morgan fingerprint density at radius 3 is 2.74 bits per heavy atom. The van der Waals surface area contributed by atoms with Crippen LogP contribution in [0.5, 0.6) is 0 Å². The molecule has 2 N–H and O–H groups in total. The monoisotopic (exact) mass is 489 g/mol. The van der Waals surface area contributed by atoms with E-state index in [1.165, 1.54) is 18.0 Å². The molecule has 0 aliphatic heterocycles. The molecule has 6 nitrogen and oxygen atoms in total. The van der Waals surface area contributed by atoms with Crippen LogP contribution in [0.4, 0.5) is 0 Å².